The minimum absolute atomic E-state index is 0.0200. The van der Waals surface area contributed by atoms with Gasteiger partial charge in [-0.3, -0.25) is 14.3 Å². The van der Waals surface area contributed by atoms with Gasteiger partial charge in [-0.15, -0.1) is 0 Å². The van der Waals surface area contributed by atoms with Crippen molar-refractivity contribution >= 4 is 39.7 Å². The summed E-state index contributed by atoms with van der Waals surface area (Å²) in [4.78, 5) is 43.9. The molecule has 4 aromatic heterocycles. The van der Waals surface area contributed by atoms with E-state index in [-0.39, 0.29) is 24.2 Å². The van der Waals surface area contributed by atoms with Crippen LogP contribution in [-0.2, 0) is 11.3 Å². The number of fused-ring (bicyclic) bond motifs is 2. The molecule has 0 bridgehead atoms. The first-order chi connectivity index (χ1) is 19.7. The van der Waals surface area contributed by atoms with Gasteiger partial charge in [-0.05, 0) is 50.8 Å². The third kappa shape index (κ3) is 5.22. The minimum atomic E-state index is -1.21. The first-order valence-corrected chi connectivity index (χ1v) is 13.7. The molecule has 41 heavy (non-hydrogen) atoms. The summed E-state index contributed by atoms with van der Waals surface area (Å²) < 4.78 is 3.56. The number of likely N-dealkylation sites (tertiary alicyclic amines) is 1. The molecule has 0 unspecified atom stereocenters. The molecule has 1 amide bonds. The molecule has 5 aromatic rings. The van der Waals surface area contributed by atoms with Crippen molar-refractivity contribution < 1.29 is 9.90 Å². The SMILES string of the molecule is CC(C)(O)C#Cc1ncnc2c1c(-c1ccccc1Cl)cn2CC(=O)N1CCC(n2c(=O)[nH]c3ncccc32)CC1. The van der Waals surface area contributed by atoms with Gasteiger partial charge in [-0.25, -0.2) is 19.7 Å². The van der Waals surface area contributed by atoms with E-state index in [0.29, 0.717) is 53.3 Å². The van der Waals surface area contributed by atoms with Gasteiger partial charge in [-0.1, -0.05) is 35.7 Å². The van der Waals surface area contributed by atoms with E-state index in [4.69, 9.17) is 11.6 Å². The third-order valence-electron chi connectivity index (χ3n) is 7.28. The molecule has 1 aliphatic heterocycles. The van der Waals surface area contributed by atoms with Crippen molar-refractivity contribution in [1.82, 2.24) is 34.0 Å². The molecule has 0 aliphatic carbocycles. The molecule has 1 aromatic carbocycles. The number of H-pyrrole nitrogens is 1. The molecule has 11 heteroatoms. The maximum atomic E-state index is 13.5. The van der Waals surface area contributed by atoms with Gasteiger partial charge in [0.15, 0.2) is 5.65 Å². The third-order valence-corrected chi connectivity index (χ3v) is 7.61. The van der Waals surface area contributed by atoms with Gasteiger partial charge in [0, 0.05) is 47.7 Å². The zero-order valence-electron chi connectivity index (χ0n) is 22.6. The Balaban J connectivity index is 1.29. The lowest BCUT2D eigenvalue weighted by Crippen LogP contribution is -2.41. The predicted molar refractivity (Wildman–Crippen MR) is 156 cm³/mol. The summed E-state index contributed by atoms with van der Waals surface area (Å²) in [6.07, 6.45) is 6.24. The highest BCUT2D eigenvalue weighted by molar-refractivity contribution is 6.33. The molecule has 10 nitrogen and oxygen atoms in total. The van der Waals surface area contributed by atoms with E-state index in [9.17, 15) is 14.7 Å². The zero-order chi connectivity index (χ0) is 28.7. The molecule has 0 atom stereocenters. The average Bonchev–Trinajstić information content (AvgIpc) is 3.49. The number of nitrogens with one attached hydrogen (secondary N) is 1. The summed E-state index contributed by atoms with van der Waals surface area (Å²) in [6.45, 7) is 4.32. The van der Waals surface area contributed by atoms with Crippen LogP contribution in [0.3, 0.4) is 0 Å². The maximum Gasteiger partial charge on any atom is 0.327 e. The lowest BCUT2D eigenvalue weighted by Gasteiger charge is -2.32. The molecule has 6 rings (SSSR count). The van der Waals surface area contributed by atoms with E-state index in [2.05, 4.69) is 31.8 Å². The van der Waals surface area contributed by atoms with Crippen molar-refractivity contribution in [3.05, 3.63) is 76.3 Å². The Morgan fingerprint density at radius 3 is 2.66 bits per heavy atom. The number of aromatic amines is 1. The van der Waals surface area contributed by atoms with E-state index >= 15 is 0 Å². The van der Waals surface area contributed by atoms with Crippen LogP contribution in [0.2, 0.25) is 5.02 Å². The fourth-order valence-corrected chi connectivity index (χ4v) is 5.61. The molecular formula is C30H28ClN7O3. The second-order valence-corrected chi connectivity index (χ2v) is 11.1. The topological polar surface area (TPSA) is 122 Å². The Morgan fingerprint density at radius 1 is 1.12 bits per heavy atom. The van der Waals surface area contributed by atoms with Crippen LogP contribution in [-0.4, -0.2) is 63.7 Å². The molecule has 0 spiro atoms. The number of imidazole rings is 1. The van der Waals surface area contributed by atoms with Crippen molar-refractivity contribution in [1.29, 1.82) is 0 Å². The van der Waals surface area contributed by atoms with Crippen molar-refractivity contribution in [3.8, 4) is 23.0 Å². The smallest absolute Gasteiger partial charge is 0.327 e. The van der Waals surface area contributed by atoms with E-state index in [1.54, 1.807) is 35.2 Å². The van der Waals surface area contributed by atoms with Crippen molar-refractivity contribution in [2.24, 2.45) is 0 Å². The highest BCUT2D eigenvalue weighted by Gasteiger charge is 2.27. The molecule has 0 radical (unpaired) electrons. The quantitative estimate of drug-likeness (QED) is 0.318. The standard InChI is InChI=1S/C30H28ClN7O3/c1-30(2,41)12-9-23-26-21(20-6-3-4-7-22(20)31)16-37(28(26)34-18-33-23)17-25(39)36-14-10-19(11-15-36)38-24-8-5-13-32-27(24)35-29(38)40/h3-8,13,16,18-19,41H,10-11,14-15,17H2,1-2H3,(H,32,35,40). The second-order valence-electron chi connectivity index (χ2n) is 10.7. The Hall–Kier alpha value is -4.46. The van der Waals surface area contributed by atoms with E-state index in [1.165, 1.54) is 6.33 Å². The molecule has 1 fully saturated rings. The van der Waals surface area contributed by atoms with Crippen molar-refractivity contribution in [3.63, 3.8) is 0 Å². The summed E-state index contributed by atoms with van der Waals surface area (Å²) in [5.41, 5.74) is 2.47. The number of aliphatic hydroxyl groups is 1. The minimum Gasteiger partial charge on any atom is -0.378 e. The van der Waals surface area contributed by atoms with Crippen LogP contribution >= 0.6 is 11.6 Å². The number of amides is 1. The van der Waals surface area contributed by atoms with E-state index in [1.807, 2.05) is 41.4 Å². The molecular weight excluding hydrogens is 542 g/mol. The molecule has 2 N–H and O–H groups in total. The second kappa shape index (κ2) is 10.5. The number of hydrogen-bond acceptors (Lipinski definition) is 6. The molecule has 1 aliphatic rings. The van der Waals surface area contributed by atoms with Gasteiger partial charge < -0.3 is 14.6 Å². The van der Waals surface area contributed by atoms with Crippen LogP contribution in [0.25, 0.3) is 33.3 Å². The van der Waals surface area contributed by atoms with Gasteiger partial charge in [0.25, 0.3) is 0 Å². The number of pyridine rings is 1. The number of carbonyl (C=O) groups is 1. The number of rotatable bonds is 4. The lowest BCUT2D eigenvalue weighted by atomic mass is 10.0. The fraction of sp³-hybridized carbons (Fsp3) is 0.300. The monoisotopic (exact) mass is 569 g/mol. The number of carbonyl (C=O) groups excluding carboxylic acids is 1. The summed E-state index contributed by atoms with van der Waals surface area (Å²) in [7, 11) is 0. The number of aromatic nitrogens is 6. The van der Waals surface area contributed by atoms with Crippen molar-refractivity contribution in [2.45, 2.75) is 44.9 Å². The maximum absolute atomic E-state index is 13.5. The first kappa shape index (κ1) is 26.7. The van der Waals surface area contributed by atoms with E-state index in [0.717, 1.165) is 16.6 Å². The fourth-order valence-electron chi connectivity index (χ4n) is 5.38. The molecule has 0 saturated carbocycles. The lowest BCUT2D eigenvalue weighted by molar-refractivity contribution is -0.133. The summed E-state index contributed by atoms with van der Waals surface area (Å²) >= 11 is 6.57. The summed E-state index contributed by atoms with van der Waals surface area (Å²) in [5.74, 6) is 5.75. The Bertz CT molecular complexity index is 1900. The van der Waals surface area contributed by atoms with E-state index < -0.39 is 5.60 Å². The van der Waals surface area contributed by atoms with Gasteiger partial charge >= 0.3 is 5.69 Å². The number of benzene rings is 1. The molecule has 1 saturated heterocycles. The van der Waals surface area contributed by atoms with Crippen LogP contribution in [0.15, 0.2) is 59.9 Å². The largest absolute Gasteiger partial charge is 0.378 e. The van der Waals surface area contributed by atoms with Crippen LogP contribution < -0.4 is 5.69 Å². The van der Waals surface area contributed by atoms with Gasteiger partial charge in [-0.2, -0.15) is 0 Å². The normalized spacial score (nSPS) is 14.4. The van der Waals surface area contributed by atoms with Crippen LogP contribution in [0.4, 0.5) is 0 Å². The predicted octanol–water partition coefficient (Wildman–Crippen LogP) is 3.78. The molecule has 5 heterocycles. The Kier molecular flexibility index (Phi) is 6.85. The molecule has 208 valence electrons. The van der Waals surface area contributed by atoms with Gasteiger partial charge in [0.05, 0.1) is 10.9 Å². The van der Waals surface area contributed by atoms with Crippen molar-refractivity contribution in [2.75, 3.05) is 13.1 Å². The number of piperidine rings is 1. The van der Waals surface area contributed by atoms with Crippen LogP contribution in [0.1, 0.15) is 38.4 Å². The first-order valence-electron chi connectivity index (χ1n) is 13.4. The van der Waals surface area contributed by atoms with Crippen LogP contribution in [0.5, 0.6) is 0 Å². The zero-order valence-corrected chi connectivity index (χ0v) is 23.4. The number of nitrogens with zero attached hydrogens (tertiary/aromatic N) is 6. The number of halogens is 1. The highest BCUT2D eigenvalue weighted by Crippen LogP contribution is 2.35. The van der Waals surface area contributed by atoms with Gasteiger partial charge in [0.1, 0.15) is 29.8 Å². The summed E-state index contributed by atoms with van der Waals surface area (Å²) in [6, 6.07) is 11.1. The number of hydrogen-bond donors (Lipinski definition) is 2. The average molecular weight is 570 g/mol. The van der Waals surface area contributed by atoms with Crippen LogP contribution in [0, 0.1) is 11.8 Å². The Labute approximate surface area is 240 Å². The summed E-state index contributed by atoms with van der Waals surface area (Å²) in [5, 5.41) is 11.4. The Morgan fingerprint density at radius 2 is 1.90 bits per heavy atom. The highest BCUT2D eigenvalue weighted by atomic mass is 35.5. The van der Waals surface area contributed by atoms with Gasteiger partial charge in [0.2, 0.25) is 5.91 Å².